The van der Waals surface area contributed by atoms with Crippen LogP contribution in [0.15, 0.2) is 66.2 Å². The summed E-state index contributed by atoms with van der Waals surface area (Å²) in [5.41, 5.74) is 1.95. The zero-order valence-electron chi connectivity index (χ0n) is 23.7. The molecular weight excluding hydrogens is 542 g/mol. The summed E-state index contributed by atoms with van der Waals surface area (Å²) in [6.45, 7) is 4.04. The van der Waals surface area contributed by atoms with Crippen LogP contribution in [0.2, 0.25) is 0 Å². The van der Waals surface area contributed by atoms with Crippen LogP contribution in [0.1, 0.15) is 24.5 Å². The number of hydrogen-bond donors (Lipinski definition) is 2. The molecule has 2 N–H and O–H groups in total. The van der Waals surface area contributed by atoms with E-state index in [1.165, 1.54) is 32.4 Å². The number of hydrogen-bond acceptors (Lipinski definition) is 8. The molecule has 0 aromatic heterocycles. The fourth-order valence-corrected chi connectivity index (χ4v) is 4.12. The van der Waals surface area contributed by atoms with E-state index in [0.717, 1.165) is 16.9 Å². The third-order valence-electron chi connectivity index (χ3n) is 6.25. The minimum Gasteiger partial charge on any atom is -0.493 e. The maximum absolute atomic E-state index is 13.4. The molecule has 1 fully saturated rings. The first-order chi connectivity index (χ1) is 20.2. The lowest BCUT2D eigenvalue weighted by molar-refractivity contribution is -0.122. The minimum atomic E-state index is -0.892. The van der Waals surface area contributed by atoms with Gasteiger partial charge in [-0.15, -0.1) is 0 Å². The average Bonchev–Trinajstić information content (AvgIpc) is 2.98. The van der Waals surface area contributed by atoms with Crippen LogP contribution in [0.4, 0.5) is 16.2 Å². The van der Waals surface area contributed by atoms with Gasteiger partial charge >= 0.3 is 6.03 Å². The Hall–Kier alpha value is -5.32. The molecule has 1 aliphatic rings. The van der Waals surface area contributed by atoms with E-state index in [1.54, 1.807) is 30.3 Å². The van der Waals surface area contributed by atoms with Crippen LogP contribution < -0.4 is 34.5 Å². The maximum atomic E-state index is 13.4. The first-order valence-electron chi connectivity index (χ1n) is 13.1. The van der Waals surface area contributed by atoms with Crippen molar-refractivity contribution >= 4 is 41.2 Å². The quantitative estimate of drug-likeness (QED) is 0.253. The molecule has 0 saturated carbocycles. The van der Waals surface area contributed by atoms with Crippen LogP contribution in [0.3, 0.4) is 0 Å². The number of para-hydroxylation sites is 1. The number of nitrogens with one attached hydrogen (secondary N) is 2. The number of benzene rings is 3. The molecule has 3 aromatic carbocycles. The summed E-state index contributed by atoms with van der Waals surface area (Å²) in [4.78, 5) is 52.0. The molecule has 11 nitrogen and oxygen atoms in total. The largest absolute Gasteiger partial charge is 0.493 e. The Kier molecular flexibility index (Phi) is 9.43. The predicted molar refractivity (Wildman–Crippen MR) is 156 cm³/mol. The Morgan fingerprint density at radius 3 is 2.31 bits per heavy atom. The molecule has 0 bridgehead atoms. The third-order valence-corrected chi connectivity index (χ3v) is 6.25. The Labute approximate surface area is 243 Å². The summed E-state index contributed by atoms with van der Waals surface area (Å²) in [5, 5.41) is 4.99. The third kappa shape index (κ3) is 6.69. The predicted octanol–water partition coefficient (Wildman–Crippen LogP) is 4.48. The van der Waals surface area contributed by atoms with Gasteiger partial charge in [-0.25, -0.2) is 9.69 Å². The summed E-state index contributed by atoms with van der Waals surface area (Å²) < 4.78 is 22.1. The molecule has 1 saturated heterocycles. The molecule has 218 valence electrons. The van der Waals surface area contributed by atoms with Crippen LogP contribution in [0, 0.1) is 6.92 Å². The summed E-state index contributed by atoms with van der Waals surface area (Å²) in [5.74, 6) is -0.666. The van der Waals surface area contributed by atoms with Gasteiger partial charge in [-0.1, -0.05) is 31.2 Å². The lowest BCUT2D eigenvalue weighted by Crippen LogP contribution is -2.54. The summed E-state index contributed by atoms with van der Waals surface area (Å²) in [6, 6.07) is 15.8. The molecule has 0 spiro atoms. The van der Waals surface area contributed by atoms with Crippen molar-refractivity contribution in [3.8, 4) is 23.0 Å². The van der Waals surface area contributed by atoms with E-state index >= 15 is 0 Å². The molecule has 0 aliphatic carbocycles. The molecule has 0 radical (unpaired) electrons. The van der Waals surface area contributed by atoms with Gasteiger partial charge in [0.25, 0.3) is 17.7 Å². The summed E-state index contributed by atoms with van der Waals surface area (Å²) in [6.07, 6.45) is 2.12. The van der Waals surface area contributed by atoms with Crippen molar-refractivity contribution < 1.29 is 38.1 Å². The summed E-state index contributed by atoms with van der Waals surface area (Å²) in [7, 11) is 2.87. The van der Waals surface area contributed by atoms with Gasteiger partial charge in [0.2, 0.25) is 0 Å². The van der Waals surface area contributed by atoms with Crippen molar-refractivity contribution in [2.75, 3.05) is 37.7 Å². The number of aryl methyl sites for hydroxylation is 1. The highest BCUT2D eigenvalue weighted by Gasteiger charge is 2.37. The van der Waals surface area contributed by atoms with Crippen molar-refractivity contribution in [2.24, 2.45) is 0 Å². The van der Waals surface area contributed by atoms with Crippen LogP contribution in [0.5, 0.6) is 23.0 Å². The van der Waals surface area contributed by atoms with E-state index < -0.39 is 17.8 Å². The molecule has 1 heterocycles. The van der Waals surface area contributed by atoms with E-state index in [4.69, 9.17) is 18.9 Å². The number of amides is 5. The number of nitrogens with zero attached hydrogens (tertiary/aromatic N) is 1. The van der Waals surface area contributed by atoms with Gasteiger partial charge in [-0.3, -0.25) is 19.7 Å². The van der Waals surface area contributed by atoms with Gasteiger partial charge in [0.1, 0.15) is 5.57 Å². The normalized spacial score (nSPS) is 14.0. The Bertz CT molecular complexity index is 1550. The zero-order chi connectivity index (χ0) is 30.2. The number of carbonyl (C=O) groups is 4. The molecule has 0 unspecified atom stereocenters. The van der Waals surface area contributed by atoms with Crippen molar-refractivity contribution in [2.45, 2.75) is 20.3 Å². The van der Waals surface area contributed by atoms with Crippen molar-refractivity contribution in [3.63, 3.8) is 0 Å². The highest BCUT2D eigenvalue weighted by molar-refractivity contribution is 6.39. The van der Waals surface area contributed by atoms with E-state index in [9.17, 15) is 19.2 Å². The Balaban J connectivity index is 1.53. The summed E-state index contributed by atoms with van der Waals surface area (Å²) >= 11 is 0. The van der Waals surface area contributed by atoms with Crippen LogP contribution in [-0.4, -0.2) is 51.2 Å². The lowest BCUT2D eigenvalue weighted by atomic mass is 10.1. The number of carbonyl (C=O) groups excluding carboxylic acids is 4. The first kappa shape index (κ1) is 29.7. The lowest BCUT2D eigenvalue weighted by Gasteiger charge is -2.27. The van der Waals surface area contributed by atoms with E-state index in [2.05, 4.69) is 10.6 Å². The second kappa shape index (κ2) is 13.4. The number of anilines is 2. The molecule has 42 heavy (non-hydrogen) atoms. The number of methoxy groups -OCH3 is 2. The highest BCUT2D eigenvalue weighted by Crippen LogP contribution is 2.34. The molecule has 3 aromatic rings. The van der Waals surface area contributed by atoms with Crippen molar-refractivity contribution in [1.82, 2.24) is 5.32 Å². The standard InChI is InChI=1S/C31H31N3O8/c1-5-14-41-24-13-11-21(17-27(24)40-4)34-30(37)22(29(36)33-31(34)38)15-20-10-12-25(26(16-20)39-3)42-18-28(35)32-23-9-7-6-8-19(23)2/h6-13,15-17H,5,14,18H2,1-4H3,(H,32,35)(H,33,36,38)/b22-15-. The number of urea groups is 1. The van der Waals surface area contributed by atoms with Crippen molar-refractivity contribution in [1.29, 1.82) is 0 Å². The minimum absolute atomic E-state index is 0.196. The van der Waals surface area contributed by atoms with Gasteiger partial charge < -0.3 is 24.3 Å². The number of rotatable bonds is 11. The van der Waals surface area contributed by atoms with E-state index in [0.29, 0.717) is 29.4 Å². The molecule has 11 heteroatoms. The number of barbiturate groups is 1. The van der Waals surface area contributed by atoms with Gasteiger partial charge in [0.15, 0.2) is 29.6 Å². The number of ether oxygens (including phenoxy) is 4. The topological polar surface area (TPSA) is 132 Å². The first-order valence-corrected chi connectivity index (χ1v) is 13.1. The van der Waals surface area contributed by atoms with Crippen molar-refractivity contribution in [3.05, 3.63) is 77.4 Å². The highest BCUT2D eigenvalue weighted by atomic mass is 16.5. The smallest absolute Gasteiger partial charge is 0.335 e. The fraction of sp³-hybridized carbons (Fsp3) is 0.226. The van der Waals surface area contributed by atoms with Crippen LogP contribution in [0.25, 0.3) is 6.08 Å². The monoisotopic (exact) mass is 573 g/mol. The van der Waals surface area contributed by atoms with Gasteiger partial charge in [-0.2, -0.15) is 0 Å². The Morgan fingerprint density at radius 1 is 0.905 bits per heavy atom. The second-order valence-corrected chi connectivity index (χ2v) is 9.20. The zero-order valence-corrected chi connectivity index (χ0v) is 23.7. The van der Waals surface area contributed by atoms with E-state index in [1.807, 2.05) is 32.0 Å². The Morgan fingerprint density at radius 2 is 1.60 bits per heavy atom. The van der Waals surface area contributed by atoms with Gasteiger partial charge in [0.05, 0.1) is 26.5 Å². The SMILES string of the molecule is CCCOc1ccc(N2C(=O)NC(=O)/C(=C/c3ccc(OCC(=O)Nc4ccccc4C)c(OC)c3)C2=O)cc1OC. The maximum Gasteiger partial charge on any atom is 0.335 e. The molecule has 4 rings (SSSR count). The second-order valence-electron chi connectivity index (χ2n) is 9.20. The number of imide groups is 2. The molecule has 1 aliphatic heterocycles. The van der Waals surface area contributed by atoms with E-state index in [-0.39, 0.29) is 35.3 Å². The fourth-order valence-electron chi connectivity index (χ4n) is 4.12. The molecule has 0 atom stereocenters. The van der Waals surface area contributed by atoms with Crippen LogP contribution in [-0.2, 0) is 14.4 Å². The average molecular weight is 574 g/mol. The van der Waals surface area contributed by atoms with Gasteiger partial charge in [-0.05, 0) is 60.9 Å². The molecule has 5 amide bonds. The van der Waals surface area contributed by atoms with Gasteiger partial charge in [0, 0.05) is 11.8 Å². The van der Waals surface area contributed by atoms with Crippen LogP contribution >= 0.6 is 0 Å². The molecular formula is C31H31N3O8.